The van der Waals surface area contributed by atoms with Gasteiger partial charge in [0.15, 0.2) is 4.90 Å². The maximum Gasteiger partial charge on any atom is 0.269 e. The molecule has 0 aromatic heterocycles. The molecule has 2 unspecified atom stereocenters. The van der Waals surface area contributed by atoms with E-state index in [4.69, 9.17) is 9.47 Å². The highest BCUT2D eigenvalue weighted by Crippen LogP contribution is 2.23. The summed E-state index contributed by atoms with van der Waals surface area (Å²) in [6.45, 7) is 0.725. The van der Waals surface area contributed by atoms with Crippen molar-refractivity contribution in [2.24, 2.45) is 0 Å². The summed E-state index contributed by atoms with van der Waals surface area (Å²) in [4.78, 5) is 10.6. The van der Waals surface area contributed by atoms with E-state index in [2.05, 4.69) is 20.7 Å². The maximum absolute atomic E-state index is 12.1. The average Bonchev–Trinajstić information content (AvgIpc) is 2.68. The lowest BCUT2D eigenvalue weighted by Gasteiger charge is -2.17. The summed E-state index contributed by atoms with van der Waals surface area (Å²) in [6.07, 6.45) is -0.153. The molecule has 2 rings (SSSR count). The van der Waals surface area contributed by atoms with Crippen LogP contribution in [0, 0.1) is 10.1 Å². The Hall–Kier alpha value is -1.65. The Labute approximate surface area is 163 Å². The van der Waals surface area contributed by atoms with Crippen LogP contribution in [-0.2, 0) is 16.1 Å². The highest BCUT2D eigenvalue weighted by Gasteiger charge is 2.15. The van der Waals surface area contributed by atoms with Gasteiger partial charge in [0.05, 0.1) is 42.7 Å². The fourth-order valence-electron chi connectivity index (χ4n) is 2.18. The number of hydrogen-bond acceptors (Lipinski definition) is 6. The fraction of sp³-hybridized carbons (Fsp3) is 0.294. The van der Waals surface area contributed by atoms with Crippen LogP contribution in [0.4, 0.5) is 5.69 Å². The molecule has 0 saturated heterocycles. The van der Waals surface area contributed by atoms with Crippen molar-refractivity contribution in [2.75, 3.05) is 25.6 Å². The number of methoxy groups -OCH3 is 1. The second-order valence-corrected chi connectivity index (χ2v) is 7.15. The van der Waals surface area contributed by atoms with Gasteiger partial charge in [0, 0.05) is 29.6 Å². The summed E-state index contributed by atoms with van der Waals surface area (Å²) in [6, 6.07) is 13.2. The first kappa shape index (κ1) is 20.7. The van der Waals surface area contributed by atoms with Crippen LogP contribution in [-0.4, -0.2) is 35.1 Å². The van der Waals surface area contributed by atoms with E-state index < -0.39 is 16.3 Å². The average molecular weight is 443 g/mol. The Kier molecular flexibility index (Phi) is 8.33. The van der Waals surface area contributed by atoms with Crippen LogP contribution >= 0.6 is 15.9 Å². The minimum atomic E-state index is -1.46. The van der Waals surface area contributed by atoms with Gasteiger partial charge in [0.2, 0.25) is 0 Å². The minimum absolute atomic E-state index is 0.0347. The van der Waals surface area contributed by atoms with Crippen LogP contribution in [0.1, 0.15) is 11.7 Å². The third-order valence-electron chi connectivity index (χ3n) is 3.52. The second-order valence-electron chi connectivity index (χ2n) is 5.20. The quantitative estimate of drug-likeness (QED) is 0.199. The molecule has 0 bridgehead atoms. The molecule has 0 fully saturated rings. The minimum Gasteiger partial charge on any atom is -0.593 e. The molecule has 2 aromatic carbocycles. The summed E-state index contributed by atoms with van der Waals surface area (Å²) in [7, 11) is 1.61. The monoisotopic (exact) mass is 442 g/mol. The first-order valence-electron chi connectivity index (χ1n) is 7.76. The first-order valence-corrected chi connectivity index (χ1v) is 10.0. The lowest BCUT2D eigenvalue weighted by molar-refractivity contribution is -0.384. The normalized spacial score (nSPS) is 13.2. The number of alkyl halides is 1. The highest BCUT2D eigenvalue weighted by atomic mass is 79.9. The number of nitrogens with zero attached hydrogens (tertiary/aromatic N) is 1. The van der Waals surface area contributed by atoms with Crippen LogP contribution in [0.2, 0.25) is 0 Å². The topological polar surface area (TPSA) is 96.7 Å². The molecule has 0 aliphatic carbocycles. The second kappa shape index (κ2) is 10.5. The molecule has 0 radical (unpaired) electrons. The Morgan fingerprint density at radius 2 is 2.00 bits per heavy atom. The summed E-state index contributed by atoms with van der Waals surface area (Å²) >= 11 is 1.98. The van der Waals surface area contributed by atoms with E-state index in [1.54, 1.807) is 7.11 Å². The number of nitro groups is 1. The third kappa shape index (κ3) is 5.96. The predicted molar refractivity (Wildman–Crippen MR) is 103 cm³/mol. The summed E-state index contributed by atoms with van der Waals surface area (Å²) < 4.78 is 26.0. The van der Waals surface area contributed by atoms with Gasteiger partial charge in [0.25, 0.3) is 5.69 Å². The van der Waals surface area contributed by atoms with Crippen molar-refractivity contribution in [3.63, 3.8) is 0 Å². The summed E-state index contributed by atoms with van der Waals surface area (Å²) in [5.41, 5.74) is 0.949. The van der Waals surface area contributed by atoms with E-state index in [-0.39, 0.29) is 11.8 Å². The van der Waals surface area contributed by atoms with Gasteiger partial charge in [-0.1, -0.05) is 28.1 Å². The zero-order chi connectivity index (χ0) is 18.9. The number of halogens is 1. The van der Waals surface area contributed by atoms with E-state index >= 15 is 0 Å². The van der Waals surface area contributed by atoms with Crippen LogP contribution in [0.15, 0.2) is 53.4 Å². The van der Waals surface area contributed by atoms with Gasteiger partial charge in [-0.2, -0.15) is 0 Å². The third-order valence-corrected chi connectivity index (χ3v) is 5.28. The summed E-state index contributed by atoms with van der Waals surface area (Å²) in [5.74, 6) is 0.759. The van der Waals surface area contributed by atoms with Crippen LogP contribution < -0.4 is 9.46 Å². The molecule has 9 heteroatoms. The van der Waals surface area contributed by atoms with E-state index in [9.17, 15) is 14.7 Å². The zero-order valence-corrected chi connectivity index (χ0v) is 16.5. The van der Waals surface area contributed by atoms with Gasteiger partial charge in [-0.3, -0.25) is 10.1 Å². The lowest BCUT2D eigenvalue weighted by Crippen LogP contribution is -2.28. The van der Waals surface area contributed by atoms with Gasteiger partial charge < -0.3 is 14.0 Å². The van der Waals surface area contributed by atoms with Gasteiger partial charge in [-0.05, 0) is 17.7 Å². The fourth-order valence-corrected chi connectivity index (χ4v) is 3.56. The summed E-state index contributed by atoms with van der Waals surface area (Å²) in [5, 5.41) is 11.2. The van der Waals surface area contributed by atoms with Crippen LogP contribution in [0.3, 0.4) is 0 Å². The van der Waals surface area contributed by atoms with Crippen molar-refractivity contribution in [2.45, 2.75) is 11.0 Å². The van der Waals surface area contributed by atoms with Crippen LogP contribution in [0.25, 0.3) is 0 Å². The van der Waals surface area contributed by atoms with E-state index in [1.165, 1.54) is 24.3 Å². The molecular formula is C17H19BrN2O5S. The van der Waals surface area contributed by atoms with Crippen molar-refractivity contribution < 1.29 is 18.9 Å². The highest BCUT2D eigenvalue weighted by molar-refractivity contribution is 9.09. The Morgan fingerprint density at radius 3 is 2.62 bits per heavy atom. The number of rotatable bonds is 10. The van der Waals surface area contributed by atoms with Crippen molar-refractivity contribution in [1.82, 2.24) is 4.72 Å². The SMILES string of the molecule is COc1cccc(C(CBr)OCCN[S+]([O-])c2ccc([N+](=O)[O-])cc2)c1. The van der Waals surface area contributed by atoms with E-state index in [0.717, 1.165) is 11.3 Å². The number of ether oxygens (including phenoxy) is 2. The number of hydrogen-bond donors (Lipinski definition) is 1. The molecule has 0 amide bonds. The zero-order valence-electron chi connectivity index (χ0n) is 14.1. The molecule has 2 aromatic rings. The van der Waals surface area contributed by atoms with Crippen molar-refractivity contribution in [1.29, 1.82) is 0 Å². The van der Waals surface area contributed by atoms with Crippen molar-refractivity contribution in [3.05, 3.63) is 64.2 Å². The first-order chi connectivity index (χ1) is 12.5. The Balaban J connectivity index is 1.81. The number of non-ortho nitro benzene ring substituents is 1. The number of nitro benzene ring substituents is 1. The lowest BCUT2D eigenvalue weighted by atomic mass is 10.1. The van der Waals surface area contributed by atoms with Gasteiger partial charge in [-0.15, -0.1) is 4.72 Å². The number of nitrogens with one attached hydrogen (secondary N) is 1. The largest absolute Gasteiger partial charge is 0.593 e. The van der Waals surface area contributed by atoms with Gasteiger partial charge >= 0.3 is 0 Å². The molecular weight excluding hydrogens is 424 g/mol. The maximum atomic E-state index is 12.1. The van der Waals surface area contributed by atoms with Gasteiger partial charge in [0.1, 0.15) is 5.75 Å². The molecule has 140 valence electrons. The molecule has 7 nitrogen and oxygen atoms in total. The molecule has 0 saturated carbocycles. The molecule has 0 heterocycles. The van der Waals surface area contributed by atoms with E-state index in [0.29, 0.717) is 23.4 Å². The smallest absolute Gasteiger partial charge is 0.269 e. The van der Waals surface area contributed by atoms with E-state index in [1.807, 2.05) is 24.3 Å². The Bertz CT molecular complexity index is 717. The number of benzene rings is 2. The van der Waals surface area contributed by atoms with Crippen molar-refractivity contribution in [3.8, 4) is 5.75 Å². The van der Waals surface area contributed by atoms with Crippen LogP contribution in [0.5, 0.6) is 5.75 Å². The molecule has 0 aliphatic heterocycles. The Morgan fingerprint density at radius 1 is 1.27 bits per heavy atom. The van der Waals surface area contributed by atoms with Gasteiger partial charge in [-0.25, -0.2) is 0 Å². The molecule has 0 spiro atoms. The standard InChI is InChI=1S/C17H19BrN2O5S/c1-24-15-4-2-3-13(11-15)17(12-18)25-10-9-19-26(23)16-7-5-14(6-8-16)20(21)22/h2-8,11,17,19H,9-10,12H2,1H3. The van der Waals surface area contributed by atoms with Crippen molar-refractivity contribution >= 4 is 33.0 Å². The molecule has 2 atom stereocenters. The molecule has 0 aliphatic rings. The molecule has 1 N–H and O–H groups in total. The predicted octanol–water partition coefficient (Wildman–Crippen LogP) is 3.37. The molecule has 26 heavy (non-hydrogen) atoms.